The minimum Gasteiger partial charge on any atom is -0.496 e. The van der Waals surface area contributed by atoms with Crippen LogP contribution in [0.15, 0.2) is 57.7 Å². The standard InChI is InChI=1S/C27H30N2O3/c1-5-7-12-29(6-2)23-16-24(31-4)22(13-17(23)3)27-20-10-8-18(28)14-25(20)32-26-15-19(30)9-11-21(26)27/h8-11,13-16H,5-7,12,28H2,1-4H3. The fourth-order valence-electron chi connectivity index (χ4n) is 4.36. The van der Waals surface area contributed by atoms with Gasteiger partial charge >= 0.3 is 0 Å². The van der Waals surface area contributed by atoms with Gasteiger partial charge in [0.15, 0.2) is 5.43 Å². The maximum Gasteiger partial charge on any atom is 0.182 e. The number of ether oxygens (including phenoxy) is 1. The van der Waals surface area contributed by atoms with Crippen molar-refractivity contribution in [2.45, 2.75) is 33.6 Å². The van der Waals surface area contributed by atoms with Crippen LogP contribution in [0.25, 0.3) is 33.4 Å². The molecule has 0 saturated carbocycles. The van der Waals surface area contributed by atoms with Crippen LogP contribution < -0.4 is 20.8 Å². The van der Waals surface area contributed by atoms with Gasteiger partial charge in [0.2, 0.25) is 0 Å². The molecule has 2 aromatic carbocycles. The van der Waals surface area contributed by atoms with Crippen molar-refractivity contribution in [3.05, 3.63) is 64.3 Å². The number of nitrogens with zero attached hydrogens (tertiary/aromatic N) is 1. The summed E-state index contributed by atoms with van der Waals surface area (Å²) in [5, 5.41) is 0.925. The van der Waals surface area contributed by atoms with Gasteiger partial charge in [0.1, 0.15) is 17.1 Å². The van der Waals surface area contributed by atoms with Gasteiger partial charge in [-0.25, -0.2) is 0 Å². The summed E-state index contributed by atoms with van der Waals surface area (Å²) in [5.74, 6) is 1.32. The number of benzene rings is 3. The normalized spacial score (nSPS) is 11.2. The van der Waals surface area contributed by atoms with E-state index in [1.165, 1.54) is 17.3 Å². The molecule has 2 aliphatic rings. The Bertz CT molecular complexity index is 1290. The van der Waals surface area contributed by atoms with Crippen molar-refractivity contribution < 1.29 is 9.15 Å². The van der Waals surface area contributed by atoms with Gasteiger partial charge in [0, 0.05) is 64.7 Å². The van der Waals surface area contributed by atoms with Crippen molar-refractivity contribution in [3.63, 3.8) is 0 Å². The van der Waals surface area contributed by atoms with E-state index in [2.05, 4.69) is 37.8 Å². The van der Waals surface area contributed by atoms with E-state index < -0.39 is 0 Å². The molecule has 1 heterocycles. The highest BCUT2D eigenvalue weighted by Crippen LogP contribution is 2.45. The lowest BCUT2D eigenvalue weighted by atomic mass is 9.91. The summed E-state index contributed by atoms with van der Waals surface area (Å²) in [6, 6.07) is 14.9. The Labute approximate surface area is 188 Å². The van der Waals surface area contributed by atoms with Crippen molar-refractivity contribution in [2.24, 2.45) is 0 Å². The third-order valence-corrected chi connectivity index (χ3v) is 6.01. The molecule has 0 saturated heterocycles. The summed E-state index contributed by atoms with van der Waals surface area (Å²) >= 11 is 0. The van der Waals surface area contributed by atoms with Crippen LogP contribution in [-0.4, -0.2) is 20.2 Å². The lowest BCUT2D eigenvalue weighted by Crippen LogP contribution is -2.24. The van der Waals surface area contributed by atoms with Gasteiger partial charge in [0.05, 0.1) is 7.11 Å². The van der Waals surface area contributed by atoms with E-state index in [0.717, 1.165) is 53.8 Å². The number of aryl methyl sites for hydroxylation is 1. The second kappa shape index (κ2) is 8.95. The predicted molar refractivity (Wildman–Crippen MR) is 133 cm³/mol. The van der Waals surface area contributed by atoms with Crippen LogP contribution in [-0.2, 0) is 0 Å². The van der Waals surface area contributed by atoms with E-state index in [0.29, 0.717) is 17.0 Å². The summed E-state index contributed by atoms with van der Waals surface area (Å²) in [5.41, 5.74) is 12.3. The number of fused-ring (bicyclic) bond motifs is 2. The Balaban J connectivity index is 2.01. The van der Waals surface area contributed by atoms with Gasteiger partial charge in [-0.05, 0) is 56.2 Å². The second-order valence-electron chi connectivity index (χ2n) is 8.16. The zero-order chi connectivity index (χ0) is 22.8. The van der Waals surface area contributed by atoms with Crippen LogP contribution in [0.4, 0.5) is 11.4 Å². The minimum absolute atomic E-state index is 0.0940. The van der Waals surface area contributed by atoms with Crippen molar-refractivity contribution in [1.82, 2.24) is 0 Å². The summed E-state index contributed by atoms with van der Waals surface area (Å²) in [6.07, 6.45) is 2.30. The third-order valence-electron chi connectivity index (χ3n) is 6.01. The molecule has 0 aromatic heterocycles. The largest absolute Gasteiger partial charge is 0.496 e. The molecule has 0 amide bonds. The van der Waals surface area contributed by atoms with Gasteiger partial charge in [-0.2, -0.15) is 0 Å². The Morgan fingerprint density at radius 2 is 1.84 bits per heavy atom. The van der Waals surface area contributed by atoms with E-state index in [-0.39, 0.29) is 5.43 Å². The summed E-state index contributed by atoms with van der Waals surface area (Å²) in [7, 11) is 1.70. The maximum absolute atomic E-state index is 12.0. The summed E-state index contributed by atoms with van der Waals surface area (Å²) in [6.45, 7) is 8.47. The molecule has 0 bridgehead atoms. The number of methoxy groups -OCH3 is 1. The van der Waals surface area contributed by atoms with E-state index in [9.17, 15) is 4.79 Å². The average molecular weight is 431 g/mol. The van der Waals surface area contributed by atoms with Gasteiger partial charge in [-0.1, -0.05) is 13.3 Å². The van der Waals surface area contributed by atoms with Crippen LogP contribution in [0.5, 0.6) is 5.75 Å². The smallest absolute Gasteiger partial charge is 0.182 e. The number of anilines is 2. The van der Waals surface area contributed by atoms with Crippen LogP contribution in [0.2, 0.25) is 0 Å². The van der Waals surface area contributed by atoms with E-state index >= 15 is 0 Å². The zero-order valence-electron chi connectivity index (χ0n) is 19.2. The molecule has 5 heteroatoms. The fourth-order valence-corrected chi connectivity index (χ4v) is 4.36. The van der Waals surface area contributed by atoms with Crippen molar-refractivity contribution in [1.29, 1.82) is 0 Å². The number of rotatable bonds is 7. The van der Waals surface area contributed by atoms with Gasteiger partial charge in [-0.15, -0.1) is 0 Å². The first kappa shape index (κ1) is 21.8. The van der Waals surface area contributed by atoms with Gasteiger partial charge < -0.3 is 19.8 Å². The molecule has 1 aliphatic heterocycles. The summed E-state index contributed by atoms with van der Waals surface area (Å²) < 4.78 is 12.0. The molecular formula is C27H30N2O3. The first-order valence-electron chi connectivity index (χ1n) is 11.2. The Kier molecular flexibility index (Phi) is 6.08. The Morgan fingerprint density at radius 3 is 2.56 bits per heavy atom. The molecule has 0 atom stereocenters. The molecule has 2 N–H and O–H groups in total. The molecule has 5 nitrogen and oxygen atoms in total. The highest BCUT2D eigenvalue weighted by molar-refractivity contribution is 6.04. The quantitative estimate of drug-likeness (QED) is 0.284. The minimum atomic E-state index is -0.0940. The molecule has 32 heavy (non-hydrogen) atoms. The fraction of sp³-hybridized carbons (Fsp3) is 0.296. The van der Waals surface area contributed by atoms with E-state index in [1.807, 2.05) is 18.2 Å². The first-order valence-corrected chi connectivity index (χ1v) is 11.2. The SMILES string of the molecule is CCCCN(CC)c1cc(OC)c(-c2c3ccc(=O)cc-3oc3cc(N)ccc23)cc1C. The predicted octanol–water partition coefficient (Wildman–Crippen LogP) is 6.09. The topological polar surface area (TPSA) is 68.7 Å². The molecule has 1 aliphatic carbocycles. The molecule has 166 valence electrons. The molecule has 2 aromatic rings. The van der Waals surface area contributed by atoms with E-state index in [4.69, 9.17) is 14.9 Å². The van der Waals surface area contributed by atoms with Crippen LogP contribution in [0.1, 0.15) is 32.3 Å². The highest BCUT2D eigenvalue weighted by Gasteiger charge is 2.22. The zero-order valence-corrected chi connectivity index (χ0v) is 19.2. The van der Waals surface area contributed by atoms with Crippen LogP contribution in [0, 0.1) is 6.92 Å². The van der Waals surface area contributed by atoms with E-state index in [1.54, 1.807) is 19.2 Å². The van der Waals surface area contributed by atoms with Gasteiger partial charge in [-0.3, -0.25) is 4.79 Å². The Morgan fingerprint density at radius 1 is 1.03 bits per heavy atom. The monoisotopic (exact) mass is 430 g/mol. The molecule has 0 unspecified atom stereocenters. The third kappa shape index (κ3) is 3.91. The number of unbranched alkanes of at least 4 members (excludes halogenated alkanes) is 1. The first-order chi connectivity index (χ1) is 15.5. The van der Waals surface area contributed by atoms with Crippen molar-refractivity contribution >= 4 is 22.3 Å². The Hall–Kier alpha value is -3.47. The lowest BCUT2D eigenvalue weighted by Gasteiger charge is -2.27. The molecule has 4 rings (SSSR count). The average Bonchev–Trinajstić information content (AvgIpc) is 2.78. The highest BCUT2D eigenvalue weighted by atomic mass is 16.5. The molecule has 0 spiro atoms. The number of hydrogen-bond donors (Lipinski definition) is 1. The maximum atomic E-state index is 12.0. The number of hydrogen-bond acceptors (Lipinski definition) is 5. The molecule has 0 fully saturated rings. The van der Waals surface area contributed by atoms with Gasteiger partial charge in [0.25, 0.3) is 0 Å². The molecular weight excluding hydrogens is 400 g/mol. The van der Waals surface area contributed by atoms with Crippen molar-refractivity contribution in [2.75, 3.05) is 30.8 Å². The summed E-state index contributed by atoms with van der Waals surface area (Å²) in [4.78, 5) is 14.4. The number of nitrogen functional groups attached to an aromatic ring is 1. The lowest BCUT2D eigenvalue weighted by molar-refractivity contribution is 0.416. The second-order valence-corrected chi connectivity index (χ2v) is 8.16. The molecule has 0 radical (unpaired) electrons. The van der Waals surface area contributed by atoms with Crippen LogP contribution >= 0.6 is 0 Å². The van der Waals surface area contributed by atoms with Crippen molar-refractivity contribution in [3.8, 4) is 28.2 Å². The number of nitrogens with two attached hydrogens (primary N) is 1. The van der Waals surface area contributed by atoms with Crippen LogP contribution in [0.3, 0.4) is 0 Å².